The normalized spacial score (nSPS) is 12.7. The number of para-hydroxylation sites is 1. The predicted molar refractivity (Wildman–Crippen MR) is 99.1 cm³/mol. The molecule has 3 nitrogen and oxygen atoms in total. The van der Waals surface area contributed by atoms with Crippen molar-refractivity contribution in [2.75, 3.05) is 0 Å². The first-order valence-corrected chi connectivity index (χ1v) is 9.51. The van der Waals surface area contributed by atoms with Gasteiger partial charge in [0.1, 0.15) is 0 Å². The third kappa shape index (κ3) is 2.55. The smallest absolute Gasteiger partial charge is 0.237 e. The number of benzene rings is 2. The summed E-state index contributed by atoms with van der Waals surface area (Å²) in [6.45, 7) is 10.1. The van der Waals surface area contributed by atoms with Crippen LogP contribution in [0.5, 0.6) is 0 Å². The molecule has 4 heteroatoms. The lowest BCUT2D eigenvalue weighted by Gasteiger charge is -2.23. The molecule has 3 rings (SSSR count). The minimum absolute atomic E-state index is 0.291. The van der Waals surface area contributed by atoms with Gasteiger partial charge in [0.2, 0.25) is 0 Å². The summed E-state index contributed by atoms with van der Waals surface area (Å²) >= 11 is 0. The van der Waals surface area contributed by atoms with Crippen LogP contribution in [0.1, 0.15) is 37.6 Å². The van der Waals surface area contributed by atoms with Gasteiger partial charge in [-0.25, -0.2) is 12.4 Å². The Morgan fingerprint density at radius 3 is 2.04 bits per heavy atom. The number of nitrogens with zero attached hydrogens (tertiary/aromatic N) is 1. The average molecular weight is 341 g/mol. The zero-order valence-corrected chi connectivity index (χ0v) is 15.6. The molecule has 0 aliphatic rings. The minimum atomic E-state index is -3.66. The molecule has 24 heavy (non-hydrogen) atoms. The molecule has 0 atom stereocenters. The molecular weight excluding hydrogens is 318 g/mol. The molecule has 0 aliphatic carbocycles. The molecular formula is C20H23NO2S. The molecule has 1 heterocycles. The van der Waals surface area contributed by atoms with Gasteiger partial charge >= 0.3 is 0 Å². The topological polar surface area (TPSA) is 39.1 Å². The summed E-state index contributed by atoms with van der Waals surface area (Å²) in [7, 11) is -3.66. The lowest BCUT2D eigenvalue weighted by Crippen LogP contribution is -2.24. The summed E-state index contributed by atoms with van der Waals surface area (Å²) in [6.07, 6.45) is 0. The second-order valence-corrected chi connectivity index (χ2v) is 9.11. The number of aryl methyl sites for hydroxylation is 2. The minimum Gasteiger partial charge on any atom is -0.237 e. The van der Waals surface area contributed by atoms with Crippen molar-refractivity contribution in [1.29, 1.82) is 0 Å². The lowest BCUT2D eigenvalue weighted by atomic mass is 9.89. The number of hydrogen-bond acceptors (Lipinski definition) is 2. The molecule has 1 aromatic heterocycles. The van der Waals surface area contributed by atoms with Gasteiger partial charge in [-0.05, 0) is 37.6 Å². The molecule has 0 radical (unpaired) electrons. The molecule has 0 fully saturated rings. The van der Waals surface area contributed by atoms with Crippen LogP contribution in [0.2, 0.25) is 0 Å². The Kier molecular flexibility index (Phi) is 3.83. The van der Waals surface area contributed by atoms with E-state index >= 15 is 0 Å². The molecule has 0 bridgehead atoms. The van der Waals surface area contributed by atoms with Crippen LogP contribution in [0.4, 0.5) is 0 Å². The Bertz CT molecular complexity index is 1000. The average Bonchev–Trinajstić information content (AvgIpc) is 2.82. The highest BCUT2D eigenvalue weighted by atomic mass is 32.2. The molecule has 0 amide bonds. The van der Waals surface area contributed by atoms with Crippen LogP contribution in [0.25, 0.3) is 10.9 Å². The van der Waals surface area contributed by atoms with Crippen molar-refractivity contribution in [2.45, 2.75) is 44.9 Å². The van der Waals surface area contributed by atoms with Crippen molar-refractivity contribution in [3.05, 3.63) is 65.4 Å². The van der Waals surface area contributed by atoms with Crippen LogP contribution in [-0.4, -0.2) is 12.4 Å². The van der Waals surface area contributed by atoms with E-state index in [1.54, 1.807) is 12.1 Å². The second kappa shape index (κ2) is 5.49. The van der Waals surface area contributed by atoms with E-state index in [1.807, 2.05) is 50.2 Å². The second-order valence-electron chi connectivity index (χ2n) is 7.32. The first-order chi connectivity index (χ1) is 11.1. The third-order valence-corrected chi connectivity index (χ3v) is 6.08. The first-order valence-electron chi connectivity index (χ1n) is 8.07. The maximum absolute atomic E-state index is 13.4. The number of rotatable bonds is 2. The van der Waals surface area contributed by atoms with Gasteiger partial charge in [-0.2, -0.15) is 0 Å². The fourth-order valence-corrected chi connectivity index (χ4v) is 5.06. The predicted octanol–water partition coefficient (Wildman–Crippen LogP) is 4.79. The molecule has 0 saturated carbocycles. The number of fused-ring (bicyclic) bond motifs is 1. The molecule has 0 N–H and O–H groups in total. The van der Waals surface area contributed by atoms with Crippen LogP contribution in [0.3, 0.4) is 0 Å². The molecule has 2 aromatic carbocycles. The fraction of sp³-hybridized carbons (Fsp3) is 0.300. The van der Waals surface area contributed by atoms with E-state index in [9.17, 15) is 8.42 Å². The van der Waals surface area contributed by atoms with Crippen molar-refractivity contribution in [3.63, 3.8) is 0 Å². The number of hydrogen-bond donors (Lipinski definition) is 0. The van der Waals surface area contributed by atoms with E-state index in [1.165, 1.54) is 3.97 Å². The SMILES string of the molecule is Cc1ccc(S(=O)(=O)n2c(C(C)(C)C)c(C)c3ccccc32)cc1. The van der Waals surface area contributed by atoms with Crippen LogP contribution < -0.4 is 0 Å². The molecule has 0 spiro atoms. The largest absolute Gasteiger partial charge is 0.268 e. The standard InChI is InChI=1S/C20H23NO2S/c1-14-10-12-16(13-11-14)24(22,23)21-18-9-7-6-8-17(18)15(2)19(21)20(3,4)5/h6-13H,1-5H3. The van der Waals surface area contributed by atoms with Gasteiger partial charge in [0.05, 0.1) is 10.4 Å². The molecule has 126 valence electrons. The molecule has 0 aliphatic heterocycles. The van der Waals surface area contributed by atoms with Crippen molar-refractivity contribution in [2.24, 2.45) is 0 Å². The van der Waals surface area contributed by atoms with E-state index in [2.05, 4.69) is 20.8 Å². The third-order valence-electron chi connectivity index (χ3n) is 4.35. The highest BCUT2D eigenvalue weighted by molar-refractivity contribution is 7.90. The van der Waals surface area contributed by atoms with Crippen molar-refractivity contribution < 1.29 is 8.42 Å². The van der Waals surface area contributed by atoms with Gasteiger partial charge < -0.3 is 0 Å². The molecule has 3 aromatic rings. The molecule has 0 saturated heterocycles. The van der Waals surface area contributed by atoms with Crippen LogP contribution in [0, 0.1) is 13.8 Å². The summed E-state index contributed by atoms with van der Waals surface area (Å²) in [5, 5.41) is 0.984. The molecule has 0 unspecified atom stereocenters. The summed E-state index contributed by atoms with van der Waals surface area (Å²) in [5.41, 5.74) is 3.35. The Hall–Kier alpha value is -2.07. The van der Waals surface area contributed by atoms with Crippen molar-refractivity contribution >= 4 is 20.9 Å². The van der Waals surface area contributed by atoms with Gasteiger partial charge in [0.25, 0.3) is 10.0 Å². The summed E-state index contributed by atoms with van der Waals surface area (Å²) < 4.78 is 28.3. The fourth-order valence-electron chi connectivity index (χ4n) is 3.30. The summed E-state index contributed by atoms with van der Waals surface area (Å²) in [5.74, 6) is 0. The van der Waals surface area contributed by atoms with Gasteiger partial charge in [-0.3, -0.25) is 0 Å². The van der Waals surface area contributed by atoms with E-state index in [4.69, 9.17) is 0 Å². The van der Waals surface area contributed by atoms with Crippen molar-refractivity contribution in [1.82, 2.24) is 3.97 Å². The Labute approximate surface area is 144 Å². The van der Waals surface area contributed by atoms with E-state index < -0.39 is 10.0 Å². The summed E-state index contributed by atoms with van der Waals surface area (Å²) in [4.78, 5) is 0.319. The maximum Gasteiger partial charge on any atom is 0.268 e. The van der Waals surface area contributed by atoms with Crippen LogP contribution >= 0.6 is 0 Å². The quantitative estimate of drug-likeness (QED) is 0.672. The van der Waals surface area contributed by atoms with E-state index in [0.29, 0.717) is 4.90 Å². The lowest BCUT2D eigenvalue weighted by molar-refractivity contribution is 0.544. The number of aromatic nitrogens is 1. The van der Waals surface area contributed by atoms with E-state index in [-0.39, 0.29) is 5.41 Å². The Balaban J connectivity index is 2.43. The zero-order chi connectivity index (χ0) is 17.7. The highest BCUT2D eigenvalue weighted by Gasteiger charge is 2.31. The van der Waals surface area contributed by atoms with Gasteiger partial charge in [0, 0.05) is 16.5 Å². The highest BCUT2D eigenvalue weighted by Crippen LogP contribution is 2.36. The monoisotopic (exact) mass is 341 g/mol. The van der Waals surface area contributed by atoms with E-state index in [0.717, 1.165) is 27.7 Å². The van der Waals surface area contributed by atoms with Crippen LogP contribution in [-0.2, 0) is 15.4 Å². The van der Waals surface area contributed by atoms with Crippen LogP contribution in [0.15, 0.2) is 53.4 Å². The Morgan fingerprint density at radius 2 is 1.46 bits per heavy atom. The zero-order valence-electron chi connectivity index (χ0n) is 14.8. The van der Waals surface area contributed by atoms with Gasteiger partial charge in [0.15, 0.2) is 0 Å². The van der Waals surface area contributed by atoms with Gasteiger partial charge in [-0.15, -0.1) is 0 Å². The summed E-state index contributed by atoms with van der Waals surface area (Å²) in [6, 6.07) is 14.7. The van der Waals surface area contributed by atoms with Crippen molar-refractivity contribution in [3.8, 4) is 0 Å². The Morgan fingerprint density at radius 1 is 0.875 bits per heavy atom. The maximum atomic E-state index is 13.4. The van der Waals surface area contributed by atoms with Gasteiger partial charge in [-0.1, -0.05) is 56.7 Å². The first kappa shape index (κ1) is 16.8.